The zero-order chi connectivity index (χ0) is 16.4. The minimum atomic E-state index is -0.180. The molecular formula is C30H36. The third-order valence-corrected chi connectivity index (χ3v) is 5.90. The smallest absolute Gasteiger partial charge is 0.0725 e. The van der Waals surface area contributed by atoms with Gasteiger partial charge in [0.05, 0.1) is 5.41 Å². The number of hydrogen-bond donors (Lipinski definition) is 0. The minimum absolute atomic E-state index is 0. The Balaban J connectivity index is 0.000000900. The van der Waals surface area contributed by atoms with Crippen LogP contribution in [0.2, 0.25) is 0 Å². The molecule has 0 heterocycles. The first kappa shape index (κ1) is 24.9. The highest BCUT2D eigenvalue weighted by molar-refractivity contribution is 5.94. The van der Waals surface area contributed by atoms with E-state index in [0.717, 1.165) is 0 Å². The van der Waals surface area contributed by atoms with E-state index >= 15 is 0 Å². The summed E-state index contributed by atoms with van der Waals surface area (Å²) in [4.78, 5) is 0. The molecule has 0 amide bonds. The number of rotatable bonds is 0. The van der Waals surface area contributed by atoms with Gasteiger partial charge in [0, 0.05) is 0 Å². The van der Waals surface area contributed by atoms with E-state index in [1.165, 1.54) is 44.5 Å². The highest BCUT2D eigenvalue weighted by Crippen LogP contribution is 2.62. The molecule has 0 aliphatic heterocycles. The molecule has 0 saturated heterocycles. The molecule has 2 aliphatic carbocycles. The molecule has 2 aliphatic rings. The van der Waals surface area contributed by atoms with Gasteiger partial charge in [-0.15, -0.1) is 0 Å². The zero-order valence-electron chi connectivity index (χ0n) is 13.7. The Hall–Kier alpha value is -3.12. The van der Waals surface area contributed by atoms with Crippen LogP contribution in [-0.2, 0) is 5.41 Å². The van der Waals surface area contributed by atoms with Crippen LogP contribution in [0.15, 0.2) is 97.1 Å². The maximum Gasteiger partial charge on any atom is 0.0725 e. The van der Waals surface area contributed by atoms with E-state index in [0.29, 0.717) is 0 Å². The fourth-order valence-electron chi connectivity index (χ4n) is 5.05. The predicted molar refractivity (Wildman–Crippen MR) is 136 cm³/mol. The minimum Gasteiger partial charge on any atom is -0.0776 e. The van der Waals surface area contributed by atoms with Crippen molar-refractivity contribution in [1.29, 1.82) is 0 Å². The summed E-state index contributed by atoms with van der Waals surface area (Å²) < 4.78 is 0. The molecule has 1 spiro atoms. The van der Waals surface area contributed by atoms with Gasteiger partial charge in [-0.05, 0) is 44.5 Å². The molecule has 0 nitrogen and oxygen atoms in total. The van der Waals surface area contributed by atoms with Gasteiger partial charge in [0.2, 0.25) is 0 Å². The van der Waals surface area contributed by atoms with Crippen LogP contribution in [0.4, 0.5) is 0 Å². The third-order valence-electron chi connectivity index (χ3n) is 5.90. The Morgan fingerprint density at radius 2 is 0.500 bits per heavy atom. The average Bonchev–Trinajstić information content (AvgIpc) is 3.16. The summed E-state index contributed by atoms with van der Waals surface area (Å²) in [6.07, 6.45) is 0. The van der Waals surface area contributed by atoms with Crippen LogP contribution in [0.1, 0.15) is 59.4 Å². The molecule has 6 rings (SSSR count). The zero-order valence-corrected chi connectivity index (χ0v) is 13.7. The van der Waals surface area contributed by atoms with E-state index in [2.05, 4.69) is 97.1 Å². The molecular weight excluding hydrogens is 360 g/mol. The molecule has 0 unspecified atom stereocenters. The van der Waals surface area contributed by atoms with Gasteiger partial charge < -0.3 is 0 Å². The van der Waals surface area contributed by atoms with Gasteiger partial charge in [0.1, 0.15) is 0 Å². The molecule has 0 aromatic heterocycles. The largest absolute Gasteiger partial charge is 0.0776 e. The van der Waals surface area contributed by atoms with Crippen LogP contribution in [0, 0.1) is 0 Å². The first-order chi connectivity index (χ1) is 12.4. The van der Waals surface area contributed by atoms with Crippen molar-refractivity contribution in [1.82, 2.24) is 0 Å². The fraction of sp³-hybridized carbons (Fsp3) is 0.200. The maximum absolute atomic E-state index is 2.31. The SMILES string of the molecule is C.C.C.C.C.c1ccc2c(c1)-c1ccccc1C21c2ccccc2-c2ccccc21. The second kappa shape index (κ2) is 8.71. The molecule has 0 bridgehead atoms. The molecule has 0 heteroatoms. The normalized spacial score (nSPS) is 12.3. The van der Waals surface area contributed by atoms with Crippen LogP contribution in [0.25, 0.3) is 22.3 Å². The molecule has 0 fully saturated rings. The standard InChI is InChI=1S/C25H16.5CH4/c1-5-13-21-17(9-1)18-10-2-6-14-22(18)25(21)23-15-7-3-11-19(23)20-12-4-8-16-24(20)25;;;;;/h1-16H;5*1H4. The summed E-state index contributed by atoms with van der Waals surface area (Å²) in [7, 11) is 0. The van der Waals surface area contributed by atoms with E-state index in [9.17, 15) is 0 Å². The fourth-order valence-corrected chi connectivity index (χ4v) is 5.05. The van der Waals surface area contributed by atoms with Crippen LogP contribution < -0.4 is 0 Å². The number of fused-ring (bicyclic) bond motifs is 10. The molecule has 30 heavy (non-hydrogen) atoms. The van der Waals surface area contributed by atoms with Gasteiger partial charge in [-0.1, -0.05) is 134 Å². The Kier molecular flexibility index (Phi) is 7.24. The van der Waals surface area contributed by atoms with Gasteiger partial charge >= 0.3 is 0 Å². The van der Waals surface area contributed by atoms with Crippen LogP contribution in [-0.4, -0.2) is 0 Å². The number of hydrogen-bond acceptors (Lipinski definition) is 0. The quantitative estimate of drug-likeness (QED) is 0.240. The Morgan fingerprint density at radius 3 is 0.733 bits per heavy atom. The first-order valence-corrected chi connectivity index (χ1v) is 8.81. The number of benzene rings is 4. The monoisotopic (exact) mass is 396 g/mol. The summed E-state index contributed by atoms with van der Waals surface area (Å²) in [6, 6.07) is 35.7. The predicted octanol–water partition coefficient (Wildman–Crippen LogP) is 9.21. The first-order valence-electron chi connectivity index (χ1n) is 8.81. The summed E-state index contributed by atoms with van der Waals surface area (Å²) in [5.74, 6) is 0. The van der Waals surface area contributed by atoms with E-state index in [4.69, 9.17) is 0 Å². The Labute approximate surface area is 184 Å². The molecule has 4 aromatic carbocycles. The van der Waals surface area contributed by atoms with Gasteiger partial charge in [-0.2, -0.15) is 0 Å². The maximum atomic E-state index is 2.31. The molecule has 156 valence electrons. The second-order valence-corrected chi connectivity index (χ2v) is 6.93. The third kappa shape index (κ3) is 2.67. The Morgan fingerprint density at radius 1 is 0.300 bits per heavy atom. The molecule has 0 N–H and O–H groups in total. The van der Waals surface area contributed by atoms with E-state index < -0.39 is 0 Å². The highest BCUT2D eigenvalue weighted by atomic mass is 14.5. The summed E-state index contributed by atoms with van der Waals surface area (Å²) >= 11 is 0. The van der Waals surface area contributed by atoms with Crippen LogP contribution >= 0.6 is 0 Å². The lowest BCUT2D eigenvalue weighted by Gasteiger charge is -2.30. The van der Waals surface area contributed by atoms with Gasteiger partial charge in [0.15, 0.2) is 0 Å². The van der Waals surface area contributed by atoms with Crippen molar-refractivity contribution in [2.45, 2.75) is 42.5 Å². The topological polar surface area (TPSA) is 0 Å². The summed E-state index contributed by atoms with van der Waals surface area (Å²) in [6.45, 7) is 0. The van der Waals surface area contributed by atoms with Crippen molar-refractivity contribution in [3.63, 3.8) is 0 Å². The van der Waals surface area contributed by atoms with Crippen molar-refractivity contribution in [2.75, 3.05) is 0 Å². The van der Waals surface area contributed by atoms with Crippen molar-refractivity contribution in [3.05, 3.63) is 119 Å². The molecule has 0 atom stereocenters. The summed E-state index contributed by atoms with van der Waals surface area (Å²) in [5.41, 5.74) is 10.9. The van der Waals surface area contributed by atoms with Gasteiger partial charge in [0.25, 0.3) is 0 Å². The van der Waals surface area contributed by atoms with E-state index in [-0.39, 0.29) is 42.5 Å². The van der Waals surface area contributed by atoms with Crippen LogP contribution in [0.5, 0.6) is 0 Å². The van der Waals surface area contributed by atoms with E-state index in [1.807, 2.05) is 0 Å². The van der Waals surface area contributed by atoms with Crippen molar-refractivity contribution in [2.24, 2.45) is 0 Å². The van der Waals surface area contributed by atoms with Gasteiger partial charge in [-0.3, -0.25) is 0 Å². The lowest BCUT2D eigenvalue weighted by molar-refractivity contribution is 0.794. The van der Waals surface area contributed by atoms with Crippen molar-refractivity contribution >= 4 is 0 Å². The molecule has 0 radical (unpaired) electrons. The highest BCUT2D eigenvalue weighted by Gasteiger charge is 2.51. The second-order valence-electron chi connectivity index (χ2n) is 6.93. The van der Waals surface area contributed by atoms with Crippen molar-refractivity contribution in [3.8, 4) is 22.3 Å². The lowest BCUT2D eigenvalue weighted by Crippen LogP contribution is -2.25. The average molecular weight is 397 g/mol. The van der Waals surface area contributed by atoms with E-state index in [1.54, 1.807) is 0 Å². The van der Waals surface area contributed by atoms with Crippen LogP contribution in [0.3, 0.4) is 0 Å². The van der Waals surface area contributed by atoms with Gasteiger partial charge in [-0.25, -0.2) is 0 Å². The van der Waals surface area contributed by atoms with Crippen molar-refractivity contribution < 1.29 is 0 Å². The summed E-state index contributed by atoms with van der Waals surface area (Å²) in [5, 5.41) is 0. The Bertz CT molecular complexity index is 962. The lowest BCUT2D eigenvalue weighted by atomic mass is 9.70. The molecule has 4 aromatic rings. The molecule has 0 saturated carbocycles.